The second kappa shape index (κ2) is 4.15. The second-order valence-electron chi connectivity index (χ2n) is 4.99. The number of nitrogens with zero attached hydrogens (tertiary/aromatic N) is 2. The summed E-state index contributed by atoms with van der Waals surface area (Å²) in [6.07, 6.45) is 2.69. The van der Waals surface area contributed by atoms with Crippen LogP contribution in [-0.4, -0.2) is 15.0 Å². The number of H-pyrrole nitrogens is 1. The van der Waals surface area contributed by atoms with Crippen LogP contribution in [0.3, 0.4) is 0 Å². The van der Waals surface area contributed by atoms with Gasteiger partial charge >= 0.3 is 0 Å². The van der Waals surface area contributed by atoms with Crippen molar-refractivity contribution in [1.29, 1.82) is 0 Å². The lowest BCUT2D eigenvalue weighted by Crippen LogP contribution is -2.28. The van der Waals surface area contributed by atoms with Crippen LogP contribution in [0, 0.1) is 6.92 Å². The Balaban J connectivity index is 1.71. The fraction of sp³-hybridized carbons (Fsp3) is 0.286. The number of hydrogen-bond donors (Lipinski definition) is 2. The van der Waals surface area contributed by atoms with Crippen LogP contribution >= 0.6 is 11.3 Å². The van der Waals surface area contributed by atoms with Gasteiger partial charge in [0.2, 0.25) is 0 Å². The summed E-state index contributed by atoms with van der Waals surface area (Å²) in [6.45, 7) is 2.96. The molecule has 1 aliphatic heterocycles. The van der Waals surface area contributed by atoms with Gasteiger partial charge in [0.15, 0.2) is 0 Å². The molecule has 2 aromatic heterocycles. The quantitative estimate of drug-likeness (QED) is 0.715. The molecule has 96 valence electrons. The van der Waals surface area contributed by atoms with Crippen LogP contribution in [0.5, 0.6) is 0 Å². The predicted octanol–water partition coefficient (Wildman–Crippen LogP) is 2.71. The molecule has 1 unspecified atom stereocenters. The van der Waals surface area contributed by atoms with Gasteiger partial charge in [-0.15, -0.1) is 11.3 Å². The highest BCUT2D eigenvalue weighted by Crippen LogP contribution is 2.31. The van der Waals surface area contributed by atoms with E-state index in [-0.39, 0.29) is 6.04 Å². The smallest absolute Gasteiger partial charge is 0.111 e. The Morgan fingerprint density at radius 2 is 2.32 bits per heavy atom. The van der Waals surface area contributed by atoms with Crippen molar-refractivity contribution in [2.45, 2.75) is 25.9 Å². The van der Waals surface area contributed by atoms with Gasteiger partial charge in [0.05, 0.1) is 34.0 Å². The van der Waals surface area contributed by atoms with Gasteiger partial charge in [-0.3, -0.25) is 0 Å². The number of rotatable bonds is 1. The molecule has 1 aromatic carbocycles. The topological polar surface area (TPSA) is 53.6 Å². The van der Waals surface area contributed by atoms with E-state index in [1.54, 1.807) is 17.7 Å². The molecule has 1 aliphatic rings. The van der Waals surface area contributed by atoms with Crippen molar-refractivity contribution >= 4 is 21.6 Å². The first-order valence-electron chi connectivity index (χ1n) is 6.41. The van der Waals surface area contributed by atoms with Crippen LogP contribution in [0.4, 0.5) is 0 Å². The Bertz CT molecular complexity index is 743. The van der Waals surface area contributed by atoms with Gasteiger partial charge in [-0.05, 0) is 24.6 Å². The molecular formula is C14H14N4S. The number of aryl methyl sites for hydroxylation is 1. The molecule has 0 saturated heterocycles. The lowest BCUT2D eigenvalue weighted by atomic mass is 10.1. The molecule has 0 amide bonds. The maximum absolute atomic E-state index is 4.75. The van der Waals surface area contributed by atoms with Crippen LogP contribution in [0.1, 0.15) is 28.0 Å². The van der Waals surface area contributed by atoms with E-state index in [0.717, 1.165) is 23.5 Å². The first-order valence-corrected chi connectivity index (χ1v) is 7.23. The molecule has 1 atom stereocenters. The summed E-state index contributed by atoms with van der Waals surface area (Å²) in [5.41, 5.74) is 4.75. The predicted molar refractivity (Wildman–Crippen MR) is 76.2 cm³/mol. The molecule has 0 saturated carbocycles. The maximum Gasteiger partial charge on any atom is 0.111 e. The van der Waals surface area contributed by atoms with Crippen LogP contribution < -0.4 is 5.32 Å². The van der Waals surface area contributed by atoms with E-state index in [1.807, 2.05) is 0 Å². The lowest BCUT2D eigenvalue weighted by molar-refractivity contribution is 0.488. The zero-order valence-corrected chi connectivity index (χ0v) is 11.4. The number of nitrogens with one attached hydrogen (secondary N) is 2. The summed E-state index contributed by atoms with van der Waals surface area (Å²) in [4.78, 5) is 12.3. The summed E-state index contributed by atoms with van der Waals surface area (Å²) in [5, 5.41) is 4.69. The van der Waals surface area contributed by atoms with Crippen molar-refractivity contribution in [2.75, 3.05) is 0 Å². The molecule has 0 spiro atoms. The van der Waals surface area contributed by atoms with Gasteiger partial charge in [-0.2, -0.15) is 0 Å². The largest absolute Gasteiger partial charge is 0.347 e. The third-order valence-corrected chi connectivity index (χ3v) is 4.72. The van der Waals surface area contributed by atoms with Crippen molar-refractivity contribution in [1.82, 2.24) is 20.3 Å². The van der Waals surface area contributed by atoms with Gasteiger partial charge in [0.1, 0.15) is 5.01 Å². The molecule has 4 rings (SSSR count). The first-order chi connectivity index (χ1) is 9.29. The van der Waals surface area contributed by atoms with Crippen LogP contribution in [0.15, 0.2) is 24.5 Å². The Hall–Kier alpha value is -1.72. The van der Waals surface area contributed by atoms with Crippen LogP contribution in [0.25, 0.3) is 10.2 Å². The summed E-state index contributed by atoms with van der Waals surface area (Å²) in [7, 11) is 0. The van der Waals surface area contributed by atoms with E-state index < -0.39 is 0 Å². The molecule has 0 bridgehead atoms. The Morgan fingerprint density at radius 1 is 1.37 bits per heavy atom. The molecule has 3 heterocycles. The van der Waals surface area contributed by atoms with Crippen LogP contribution in [-0.2, 0) is 13.0 Å². The minimum absolute atomic E-state index is 0.286. The first kappa shape index (κ1) is 11.1. The molecular weight excluding hydrogens is 256 g/mol. The van der Waals surface area contributed by atoms with Crippen molar-refractivity contribution in [2.24, 2.45) is 0 Å². The molecule has 19 heavy (non-hydrogen) atoms. The third kappa shape index (κ3) is 1.86. The lowest BCUT2D eigenvalue weighted by Gasteiger charge is -2.20. The average Bonchev–Trinajstić information content (AvgIpc) is 3.02. The fourth-order valence-electron chi connectivity index (χ4n) is 2.54. The van der Waals surface area contributed by atoms with Gasteiger partial charge in [0, 0.05) is 13.0 Å². The van der Waals surface area contributed by atoms with Gasteiger partial charge in [0.25, 0.3) is 0 Å². The highest BCUT2D eigenvalue weighted by molar-refractivity contribution is 7.18. The Morgan fingerprint density at radius 3 is 3.26 bits per heavy atom. The zero-order valence-electron chi connectivity index (χ0n) is 10.6. The van der Waals surface area contributed by atoms with Gasteiger partial charge < -0.3 is 10.3 Å². The normalized spacial score (nSPS) is 18.7. The molecule has 5 heteroatoms. The van der Waals surface area contributed by atoms with E-state index in [1.165, 1.54) is 21.7 Å². The Kier molecular flexibility index (Phi) is 2.43. The van der Waals surface area contributed by atoms with E-state index in [0.29, 0.717) is 0 Å². The molecule has 4 nitrogen and oxygen atoms in total. The SMILES string of the molecule is Cc1ccc2nc(C3Cc4nc[nH]c4CN3)sc2c1. The number of aromatic amines is 1. The maximum atomic E-state index is 4.75. The van der Waals surface area contributed by atoms with Crippen molar-refractivity contribution in [3.8, 4) is 0 Å². The van der Waals surface area contributed by atoms with Gasteiger partial charge in [-0.25, -0.2) is 9.97 Å². The fourth-order valence-corrected chi connectivity index (χ4v) is 3.68. The van der Waals surface area contributed by atoms with Crippen LogP contribution in [0.2, 0.25) is 0 Å². The standard InChI is InChI=1S/C14H14N4S/c1-8-2-3-9-13(4-8)19-14(18-9)11-5-10-12(6-15-11)17-7-16-10/h2-4,7,11,15H,5-6H2,1H3,(H,16,17). The minimum atomic E-state index is 0.286. The molecule has 2 N–H and O–H groups in total. The summed E-state index contributed by atoms with van der Waals surface area (Å²) in [6, 6.07) is 6.71. The van der Waals surface area contributed by atoms with Crippen molar-refractivity contribution in [3.63, 3.8) is 0 Å². The zero-order chi connectivity index (χ0) is 12.8. The van der Waals surface area contributed by atoms with E-state index >= 15 is 0 Å². The molecule has 3 aromatic rings. The number of imidazole rings is 1. The minimum Gasteiger partial charge on any atom is -0.347 e. The molecule has 0 fully saturated rings. The summed E-state index contributed by atoms with van der Waals surface area (Å²) in [5.74, 6) is 0. The summed E-state index contributed by atoms with van der Waals surface area (Å²) >= 11 is 1.78. The molecule has 0 radical (unpaired) electrons. The van der Waals surface area contributed by atoms with Crippen molar-refractivity contribution in [3.05, 3.63) is 46.5 Å². The number of thiazole rings is 1. The third-order valence-electron chi connectivity index (χ3n) is 3.59. The highest BCUT2D eigenvalue weighted by Gasteiger charge is 2.23. The highest BCUT2D eigenvalue weighted by atomic mass is 32.1. The average molecular weight is 270 g/mol. The van der Waals surface area contributed by atoms with E-state index in [9.17, 15) is 0 Å². The Labute approximate surface area is 114 Å². The monoisotopic (exact) mass is 270 g/mol. The second-order valence-corrected chi connectivity index (χ2v) is 6.05. The van der Waals surface area contributed by atoms with Crippen molar-refractivity contribution < 1.29 is 0 Å². The van der Waals surface area contributed by atoms with Gasteiger partial charge in [-0.1, -0.05) is 6.07 Å². The molecule has 0 aliphatic carbocycles. The van der Waals surface area contributed by atoms with E-state index in [2.05, 4.69) is 40.4 Å². The number of aromatic nitrogens is 3. The number of fused-ring (bicyclic) bond motifs is 2. The summed E-state index contributed by atoms with van der Waals surface area (Å²) < 4.78 is 1.27. The number of hydrogen-bond acceptors (Lipinski definition) is 4. The van der Waals surface area contributed by atoms with E-state index in [4.69, 9.17) is 4.98 Å². The number of benzene rings is 1.